The first kappa shape index (κ1) is 21.3. The summed E-state index contributed by atoms with van der Waals surface area (Å²) in [6.45, 7) is 3.20. The van der Waals surface area contributed by atoms with Gasteiger partial charge in [0.2, 0.25) is 5.91 Å². The Morgan fingerprint density at radius 1 is 1.15 bits per heavy atom. The number of aryl methyl sites for hydroxylation is 2. The highest BCUT2D eigenvalue weighted by Gasteiger charge is 2.36. The lowest BCUT2D eigenvalue weighted by Crippen LogP contribution is -2.39. The average molecular weight is 445 g/mol. The van der Waals surface area contributed by atoms with Gasteiger partial charge in [-0.15, -0.1) is 0 Å². The molecule has 5 rings (SSSR count). The van der Waals surface area contributed by atoms with E-state index in [1.54, 1.807) is 17.0 Å². The Hall–Kier alpha value is -3.55. The maximum atomic E-state index is 13.2. The molecular weight excluding hydrogens is 416 g/mol. The van der Waals surface area contributed by atoms with Gasteiger partial charge in [-0.2, -0.15) is 0 Å². The largest absolute Gasteiger partial charge is 0.330 e. The van der Waals surface area contributed by atoms with E-state index in [1.165, 1.54) is 5.56 Å². The Balaban J connectivity index is 1.45. The van der Waals surface area contributed by atoms with E-state index in [-0.39, 0.29) is 17.9 Å². The fourth-order valence-corrected chi connectivity index (χ4v) is 4.85. The van der Waals surface area contributed by atoms with Gasteiger partial charge in [0.25, 0.3) is 5.91 Å². The summed E-state index contributed by atoms with van der Waals surface area (Å²) in [6, 6.07) is 9.95. The zero-order valence-electron chi connectivity index (χ0n) is 19.1. The number of anilines is 1. The summed E-state index contributed by atoms with van der Waals surface area (Å²) < 4.78 is 1.74. The Labute approximate surface area is 193 Å². The van der Waals surface area contributed by atoms with Gasteiger partial charge >= 0.3 is 0 Å². The summed E-state index contributed by atoms with van der Waals surface area (Å²) in [7, 11) is 1.82. The molecule has 0 aliphatic carbocycles. The molecule has 2 aliphatic rings. The normalized spacial score (nSPS) is 18.0. The molecule has 1 fully saturated rings. The van der Waals surface area contributed by atoms with Crippen LogP contribution in [0.4, 0.5) is 5.82 Å². The molecule has 0 radical (unpaired) electrons. The number of carbonyl (C=O) groups is 2. The SMILES string of the molecule is Cc1nc([C@H]2CCCN2C(=O)c2nccn2C)nc2c1CCC(=O)N2CCc1ccccc1. The van der Waals surface area contributed by atoms with Crippen molar-refractivity contribution in [3.8, 4) is 0 Å². The third kappa shape index (κ3) is 4.01. The van der Waals surface area contributed by atoms with Crippen molar-refractivity contribution in [3.05, 3.63) is 71.2 Å². The molecule has 0 saturated carbocycles. The number of imidazole rings is 1. The topological polar surface area (TPSA) is 84.2 Å². The second kappa shape index (κ2) is 8.77. The lowest BCUT2D eigenvalue weighted by Gasteiger charge is -2.31. The highest BCUT2D eigenvalue weighted by molar-refractivity contribution is 5.95. The third-order valence-corrected chi connectivity index (χ3v) is 6.65. The van der Waals surface area contributed by atoms with Crippen molar-refractivity contribution in [1.82, 2.24) is 24.4 Å². The van der Waals surface area contributed by atoms with E-state index in [0.29, 0.717) is 43.4 Å². The van der Waals surface area contributed by atoms with Gasteiger partial charge in [-0.25, -0.2) is 15.0 Å². The van der Waals surface area contributed by atoms with Crippen LogP contribution < -0.4 is 4.90 Å². The predicted molar refractivity (Wildman–Crippen MR) is 124 cm³/mol. The minimum Gasteiger partial charge on any atom is -0.330 e. The first-order valence-corrected chi connectivity index (χ1v) is 11.5. The molecule has 1 aromatic carbocycles. The van der Waals surface area contributed by atoms with E-state index < -0.39 is 0 Å². The quantitative estimate of drug-likeness (QED) is 0.604. The monoisotopic (exact) mass is 444 g/mol. The minimum absolute atomic E-state index is 0.0924. The van der Waals surface area contributed by atoms with E-state index in [9.17, 15) is 9.59 Å². The van der Waals surface area contributed by atoms with Crippen molar-refractivity contribution < 1.29 is 9.59 Å². The van der Waals surface area contributed by atoms with Crippen LogP contribution in [0.3, 0.4) is 0 Å². The molecule has 1 saturated heterocycles. The van der Waals surface area contributed by atoms with Crippen LogP contribution in [0.5, 0.6) is 0 Å². The molecule has 2 aliphatic heterocycles. The van der Waals surface area contributed by atoms with Crippen LogP contribution in [-0.4, -0.2) is 49.3 Å². The second-order valence-corrected chi connectivity index (χ2v) is 8.77. The Morgan fingerprint density at radius 3 is 2.73 bits per heavy atom. The molecule has 4 heterocycles. The van der Waals surface area contributed by atoms with Crippen LogP contribution in [0.25, 0.3) is 0 Å². The maximum absolute atomic E-state index is 13.2. The molecule has 8 heteroatoms. The van der Waals surface area contributed by atoms with Gasteiger partial charge in [0.1, 0.15) is 5.82 Å². The van der Waals surface area contributed by atoms with Gasteiger partial charge in [-0.05, 0) is 38.2 Å². The zero-order valence-corrected chi connectivity index (χ0v) is 19.1. The number of hydrogen-bond donors (Lipinski definition) is 0. The van der Waals surface area contributed by atoms with Gasteiger partial charge in [-0.1, -0.05) is 30.3 Å². The van der Waals surface area contributed by atoms with E-state index in [4.69, 9.17) is 9.97 Å². The molecule has 2 amide bonds. The van der Waals surface area contributed by atoms with Crippen molar-refractivity contribution in [3.63, 3.8) is 0 Å². The number of fused-ring (bicyclic) bond motifs is 1. The Kier molecular flexibility index (Phi) is 5.66. The first-order valence-electron chi connectivity index (χ1n) is 11.5. The molecule has 0 N–H and O–H groups in total. The molecule has 33 heavy (non-hydrogen) atoms. The van der Waals surface area contributed by atoms with E-state index in [2.05, 4.69) is 17.1 Å². The number of aromatic nitrogens is 4. The summed E-state index contributed by atoms with van der Waals surface area (Å²) in [6.07, 6.45) is 6.98. The number of amides is 2. The zero-order chi connectivity index (χ0) is 22.9. The highest BCUT2D eigenvalue weighted by Crippen LogP contribution is 2.35. The summed E-state index contributed by atoms with van der Waals surface area (Å²) in [5, 5.41) is 0. The molecule has 170 valence electrons. The summed E-state index contributed by atoms with van der Waals surface area (Å²) >= 11 is 0. The maximum Gasteiger partial charge on any atom is 0.290 e. The van der Waals surface area contributed by atoms with Gasteiger partial charge in [-0.3, -0.25) is 14.5 Å². The van der Waals surface area contributed by atoms with Crippen LogP contribution in [0.2, 0.25) is 0 Å². The van der Waals surface area contributed by atoms with Crippen LogP contribution in [0.15, 0.2) is 42.7 Å². The van der Waals surface area contributed by atoms with Crippen LogP contribution >= 0.6 is 0 Å². The van der Waals surface area contributed by atoms with Gasteiger partial charge in [0, 0.05) is 50.2 Å². The minimum atomic E-state index is -0.216. The number of nitrogens with zero attached hydrogens (tertiary/aromatic N) is 6. The molecule has 0 spiro atoms. The van der Waals surface area contributed by atoms with Crippen molar-refractivity contribution in [2.24, 2.45) is 7.05 Å². The van der Waals surface area contributed by atoms with E-state index in [0.717, 1.165) is 30.5 Å². The molecule has 3 aromatic rings. The van der Waals surface area contributed by atoms with Gasteiger partial charge in [0.15, 0.2) is 11.6 Å². The standard InChI is InChI=1S/C25H28N6O2/c1-17-19-10-11-21(32)31(15-12-18-7-4-3-5-8-18)23(19)28-22(27-17)20-9-6-14-30(20)25(33)24-26-13-16-29(24)2/h3-5,7-8,13,16,20H,6,9-12,14-15H2,1-2H3/t20-/m1/s1. The molecule has 0 unspecified atom stereocenters. The number of carbonyl (C=O) groups excluding carboxylic acids is 2. The lowest BCUT2D eigenvalue weighted by atomic mass is 10.0. The van der Waals surface area contributed by atoms with Crippen molar-refractivity contribution >= 4 is 17.6 Å². The third-order valence-electron chi connectivity index (χ3n) is 6.65. The first-order chi connectivity index (χ1) is 16.0. The summed E-state index contributed by atoms with van der Waals surface area (Å²) in [5.74, 6) is 1.72. The van der Waals surface area contributed by atoms with Crippen molar-refractivity contribution in [2.45, 2.75) is 45.1 Å². The number of benzene rings is 1. The van der Waals surface area contributed by atoms with Crippen molar-refractivity contribution in [1.29, 1.82) is 0 Å². The van der Waals surface area contributed by atoms with Gasteiger partial charge < -0.3 is 9.47 Å². The molecule has 0 bridgehead atoms. The predicted octanol–water partition coefficient (Wildman–Crippen LogP) is 3.02. The van der Waals surface area contributed by atoms with Crippen molar-refractivity contribution in [2.75, 3.05) is 18.0 Å². The molecule has 8 nitrogen and oxygen atoms in total. The second-order valence-electron chi connectivity index (χ2n) is 8.77. The van der Waals surface area contributed by atoms with E-state index in [1.807, 2.05) is 42.0 Å². The Bertz CT molecular complexity index is 1190. The number of hydrogen-bond acceptors (Lipinski definition) is 5. The molecule has 2 aromatic heterocycles. The lowest BCUT2D eigenvalue weighted by molar-refractivity contribution is -0.118. The van der Waals surface area contributed by atoms with Gasteiger partial charge in [0.05, 0.1) is 6.04 Å². The smallest absolute Gasteiger partial charge is 0.290 e. The highest BCUT2D eigenvalue weighted by atomic mass is 16.2. The summed E-state index contributed by atoms with van der Waals surface area (Å²) in [5.41, 5.74) is 3.11. The van der Waals surface area contributed by atoms with Crippen LogP contribution in [-0.2, 0) is 24.7 Å². The Morgan fingerprint density at radius 2 is 1.97 bits per heavy atom. The molecule has 1 atom stereocenters. The van der Waals surface area contributed by atoms with Crippen LogP contribution in [0.1, 0.15) is 58.6 Å². The van der Waals surface area contributed by atoms with Crippen LogP contribution in [0, 0.1) is 6.92 Å². The fourth-order valence-electron chi connectivity index (χ4n) is 4.85. The van der Waals surface area contributed by atoms with E-state index >= 15 is 0 Å². The average Bonchev–Trinajstić information content (AvgIpc) is 3.48. The number of rotatable bonds is 5. The number of likely N-dealkylation sites (tertiary alicyclic amines) is 1. The fraction of sp³-hybridized carbons (Fsp3) is 0.400. The summed E-state index contributed by atoms with van der Waals surface area (Å²) in [4.78, 5) is 43.6. The molecular formula is C25H28N6O2.